The van der Waals surface area contributed by atoms with Crippen molar-refractivity contribution in [1.29, 1.82) is 0 Å². The lowest BCUT2D eigenvalue weighted by Crippen LogP contribution is -2.55. The fraction of sp³-hybridized carbons (Fsp3) is 0.333. The molecule has 12 heteroatoms. The lowest BCUT2D eigenvalue weighted by Gasteiger charge is -2.38. The molecule has 0 radical (unpaired) electrons. The van der Waals surface area contributed by atoms with Crippen LogP contribution in [-0.4, -0.2) is 59.0 Å². The van der Waals surface area contributed by atoms with Gasteiger partial charge in [-0.3, -0.25) is 10.7 Å². The van der Waals surface area contributed by atoms with E-state index in [4.69, 9.17) is 4.63 Å². The van der Waals surface area contributed by atoms with Crippen LogP contribution in [0.3, 0.4) is 0 Å². The summed E-state index contributed by atoms with van der Waals surface area (Å²) in [4.78, 5) is 17.3. The molecule has 3 rings (SSSR count). The number of likely N-dealkylation sites (tertiary alicyclic amines) is 1. The zero-order valence-electron chi connectivity index (χ0n) is 14.2. The number of amides is 2. The Labute approximate surface area is 161 Å². The van der Waals surface area contributed by atoms with Crippen LogP contribution >= 0.6 is 15.9 Å². The number of urea groups is 1. The van der Waals surface area contributed by atoms with Gasteiger partial charge in [-0.2, -0.15) is 0 Å². The van der Waals surface area contributed by atoms with E-state index in [2.05, 4.69) is 41.9 Å². The van der Waals surface area contributed by atoms with E-state index in [9.17, 15) is 14.4 Å². The summed E-state index contributed by atoms with van der Waals surface area (Å²) in [5, 5.41) is 22.6. The predicted molar refractivity (Wildman–Crippen MR) is 97.5 cm³/mol. The van der Waals surface area contributed by atoms with Crippen LogP contribution in [0.2, 0.25) is 0 Å². The minimum atomic E-state index is -0.427. The number of rotatable bonds is 5. The van der Waals surface area contributed by atoms with E-state index in [-0.39, 0.29) is 33.8 Å². The second kappa shape index (κ2) is 8.31. The quantitative estimate of drug-likeness (QED) is 0.315. The summed E-state index contributed by atoms with van der Waals surface area (Å²) in [6.07, 6.45) is 0. The summed E-state index contributed by atoms with van der Waals surface area (Å²) < 4.78 is 18.3. The van der Waals surface area contributed by atoms with Gasteiger partial charge in [0.05, 0.1) is 10.2 Å². The zero-order valence-corrected chi connectivity index (χ0v) is 15.8. The molecule has 1 aliphatic heterocycles. The Hall–Kier alpha value is -2.73. The number of aliphatic imine (C=N–C) groups is 1. The Morgan fingerprint density at radius 2 is 2.26 bits per heavy atom. The van der Waals surface area contributed by atoms with E-state index >= 15 is 0 Å². The number of nitrogens with one attached hydrogen (secondary N) is 3. The molecule has 0 unspecified atom stereocenters. The zero-order chi connectivity index (χ0) is 19.4. The number of hydroxylamine groups is 1. The Kier molecular flexibility index (Phi) is 5.86. The van der Waals surface area contributed by atoms with Crippen molar-refractivity contribution in [2.24, 2.45) is 10.9 Å². The summed E-state index contributed by atoms with van der Waals surface area (Å²) in [6.45, 7) is 1.78. The number of carbonyl (C=O) groups excluding carboxylic acids is 1. The highest BCUT2D eigenvalue weighted by Gasteiger charge is 2.30. The smallest absolute Gasteiger partial charge is 0.317 e. The first kappa shape index (κ1) is 19.0. The van der Waals surface area contributed by atoms with Crippen molar-refractivity contribution in [2.75, 3.05) is 32.0 Å². The standard InChI is InChI=1S/C15H17BrFN7O3/c1-18-15(25)24-6-8(7-24)5-19-13-12(22-27-23-13)14(21-26)20-9-2-3-11(17)10(16)4-9/h2-4,8,26H,5-7H2,1H3,(H,18,25)(H,19,23)(H,20,21). The predicted octanol–water partition coefficient (Wildman–Crippen LogP) is 1.71. The number of hydrogen-bond acceptors (Lipinski definition) is 7. The van der Waals surface area contributed by atoms with Gasteiger partial charge in [0.25, 0.3) is 0 Å². The van der Waals surface area contributed by atoms with Crippen LogP contribution in [0, 0.1) is 11.7 Å². The van der Waals surface area contributed by atoms with E-state index in [0.29, 0.717) is 25.3 Å². The molecule has 1 aliphatic rings. The van der Waals surface area contributed by atoms with Gasteiger partial charge in [0, 0.05) is 32.6 Å². The summed E-state index contributed by atoms with van der Waals surface area (Å²) >= 11 is 3.08. The molecule has 4 N–H and O–H groups in total. The van der Waals surface area contributed by atoms with E-state index in [1.807, 2.05) is 5.48 Å². The summed E-state index contributed by atoms with van der Waals surface area (Å²) in [5.41, 5.74) is 2.50. The molecule has 2 aromatic rings. The second-order valence-corrected chi connectivity index (χ2v) is 6.69. The van der Waals surface area contributed by atoms with Gasteiger partial charge in [-0.15, -0.1) is 0 Å². The molecule has 0 atom stereocenters. The molecule has 1 aromatic heterocycles. The number of benzene rings is 1. The molecule has 1 fully saturated rings. The number of amidine groups is 1. The highest BCUT2D eigenvalue weighted by atomic mass is 79.9. The summed E-state index contributed by atoms with van der Waals surface area (Å²) in [7, 11) is 1.59. The number of anilines is 1. The molecule has 10 nitrogen and oxygen atoms in total. The maximum Gasteiger partial charge on any atom is 0.317 e. The van der Waals surface area contributed by atoms with Crippen molar-refractivity contribution >= 4 is 39.3 Å². The third-order valence-corrected chi connectivity index (χ3v) is 4.59. The maximum atomic E-state index is 13.3. The topological polar surface area (TPSA) is 128 Å². The van der Waals surface area contributed by atoms with Gasteiger partial charge in [-0.25, -0.2) is 18.8 Å². The van der Waals surface area contributed by atoms with Crippen molar-refractivity contribution in [3.63, 3.8) is 0 Å². The molecule has 2 heterocycles. The van der Waals surface area contributed by atoms with Crippen molar-refractivity contribution in [2.45, 2.75) is 0 Å². The van der Waals surface area contributed by atoms with Crippen molar-refractivity contribution in [3.05, 3.63) is 34.2 Å². The Morgan fingerprint density at radius 3 is 2.93 bits per heavy atom. The van der Waals surface area contributed by atoms with Crippen LogP contribution < -0.4 is 16.1 Å². The summed E-state index contributed by atoms with van der Waals surface area (Å²) in [5.74, 6) is 0.0966. The van der Waals surface area contributed by atoms with Gasteiger partial charge in [0.15, 0.2) is 11.5 Å². The number of aromatic nitrogens is 2. The van der Waals surface area contributed by atoms with E-state index in [0.717, 1.165) is 0 Å². The molecule has 0 spiro atoms. The Balaban J connectivity index is 1.67. The summed E-state index contributed by atoms with van der Waals surface area (Å²) in [6, 6.07) is 4.03. The maximum absolute atomic E-state index is 13.3. The molecular weight excluding hydrogens is 425 g/mol. The molecule has 1 saturated heterocycles. The van der Waals surface area contributed by atoms with Gasteiger partial charge in [0.2, 0.25) is 5.82 Å². The largest absolute Gasteiger partial charge is 0.365 e. The normalized spacial score (nSPS) is 14.7. The fourth-order valence-corrected chi connectivity index (χ4v) is 2.91. The van der Waals surface area contributed by atoms with Gasteiger partial charge in [-0.05, 0) is 44.4 Å². The third kappa shape index (κ3) is 4.34. The molecule has 1 aromatic carbocycles. The lowest BCUT2D eigenvalue weighted by atomic mass is 10.0. The fourth-order valence-electron chi connectivity index (χ4n) is 2.54. The van der Waals surface area contributed by atoms with Crippen LogP contribution in [0.15, 0.2) is 32.3 Å². The highest BCUT2D eigenvalue weighted by Crippen LogP contribution is 2.23. The van der Waals surface area contributed by atoms with Crippen molar-refractivity contribution < 1.29 is 19.0 Å². The van der Waals surface area contributed by atoms with Gasteiger partial charge in [0.1, 0.15) is 5.82 Å². The second-order valence-electron chi connectivity index (χ2n) is 5.84. The highest BCUT2D eigenvalue weighted by molar-refractivity contribution is 9.10. The van der Waals surface area contributed by atoms with Crippen LogP contribution in [0.5, 0.6) is 0 Å². The van der Waals surface area contributed by atoms with Gasteiger partial charge < -0.3 is 15.5 Å². The number of halogens is 2. The minimum Gasteiger partial charge on any atom is -0.365 e. The average Bonchev–Trinajstić information content (AvgIpc) is 3.09. The number of hydrogen-bond donors (Lipinski definition) is 4. The first-order valence-electron chi connectivity index (χ1n) is 7.99. The molecule has 2 amide bonds. The van der Waals surface area contributed by atoms with Crippen molar-refractivity contribution in [3.8, 4) is 0 Å². The van der Waals surface area contributed by atoms with Gasteiger partial charge in [-0.1, -0.05) is 0 Å². The average molecular weight is 442 g/mol. The molecule has 144 valence electrons. The third-order valence-electron chi connectivity index (χ3n) is 3.98. The molecule has 27 heavy (non-hydrogen) atoms. The monoisotopic (exact) mass is 441 g/mol. The van der Waals surface area contributed by atoms with Crippen LogP contribution in [0.4, 0.5) is 20.7 Å². The number of carbonyl (C=O) groups is 1. The first-order chi connectivity index (χ1) is 13.0. The van der Waals surface area contributed by atoms with Crippen LogP contribution in [0.25, 0.3) is 0 Å². The van der Waals surface area contributed by atoms with Crippen LogP contribution in [0.1, 0.15) is 5.69 Å². The van der Waals surface area contributed by atoms with Crippen molar-refractivity contribution in [1.82, 2.24) is 26.0 Å². The van der Waals surface area contributed by atoms with E-state index in [1.165, 1.54) is 18.2 Å². The van der Waals surface area contributed by atoms with Gasteiger partial charge >= 0.3 is 6.03 Å². The van der Waals surface area contributed by atoms with E-state index < -0.39 is 5.82 Å². The Morgan fingerprint density at radius 1 is 1.48 bits per heavy atom. The number of nitrogens with zero attached hydrogens (tertiary/aromatic N) is 4. The minimum absolute atomic E-state index is 0.0159. The first-order valence-corrected chi connectivity index (χ1v) is 8.78. The lowest BCUT2D eigenvalue weighted by molar-refractivity contribution is 0.128. The molecule has 0 saturated carbocycles. The SMILES string of the molecule is CNC(=O)N1CC(CNc2nonc2C(=Nc2ccc(F)c(Br)c2)NO)C1. The molecule has 0 aliphatic carbocycles. The Bertz CT molecular complexity index is 854. The molecular formula is C15H17BrFN7O3. The molecule has 0 bridgehead atoms. The van der Waals surface area contributed by atoms with E-state index in [1.54, 1.807) is 11.9 Å². The van der Waals surface area contributed by atoms with Crippen LogP contribution in [-0.2, 0) is 0 Å².